The normalized spacial score (nSPS) is 13.9. The molecule has 4 rings (SSSR count). The van der Waals surface area contributed by atoms with Crippen molar-refractivity contribution in [1.82, 2.24) is 10.3 Å². The number of ether oxygens (including phenoxy) is 4. The second-order valence-corrected chi connectivity index (χ2v) is 9.86. The Bertz CT molecular complexity index is 1240. The molecule has 38 heavy (non-hydrogen) atoms. The highest BCUT2D eigenvalue weighted by molar-refractivity contribution is 5.95. The third-order valence-corrected chi connectivity index (χ3v) is 5.80. The molecule has 9 nitrogen and oxygen atoms in total. The van der Waals surface area contributed by atoms with E-state index in [2.05, 4.69) is 10.3 Å². The molecular weight excluding hydrogens is 486 g/mol. The van der Waals surface area contributed by atoms with E-state index in [9.17, 15) is 9.59 Å². The van der Waals surface area contributed by atoms with Gasteiger partial charge in [-0.15, -0.1) is 0 Å². The number of benzene rings is 2. The lowest BCUT2D eigenvalue weighted by atomic mass is 10.0. The van der Waals surface area contributed by atoms with Gasteiger partial charge < -0.3 is 24.3 Å². The number of rotatable bonds is 7. The Hall–Kier alpha value is -4.11. The van der Waals surface area contributed by atoms with Gasteiger partial charge in [0.1, 0.15) is 28.4 Å². The highest BCUT2D eigenvalue weighted by atomic mass is 16.6. The summed E-state index contributed by atoms with van der Waals surface area (Å²) in [5, 5.41) is 3.30. The highest BCUT2D eigenvalue weighted by Gasteiger charge is 2.32. The van der Waals surface area contributed by atoms with E-state index in [0.717, 1.165) is 31.7 Å². The van der Waals surface area contributed by atoms with Crippen molar-refractivity contribution in [3.05, 3.63) is 72.4 Å². The summed E-state index contributed by atoms with van der Waals surface area (Å²) in [6.07, 6.45) is 2.50. The lowest BCUT2D eigenvalue weighted by molar-refractivity contribution is 0.0553. The van der Waals surface area contributed by atoms with Gasteiger partial charge >= 0.3 is 12.1 Å². The number of hydrogen-bond donors (Lipinski definition) is 1. The minimum Gasteiger partial charge on any atom is -0.465 e. The fourth-order valence-electron chi connectivity index (χ4n) is 4.06. The second kappa shape index (κ2) is 12.0. The van der Waals surface area contributed by atoms with Crippen LogP contribution in [0.1, 0.15) is 44.0 Å². The molecule has 2 aromatic carbocycles. The number of nitrogens with zero attached hydrogens (tertiary/aromatic N) is 2. The van der Waals surface area contributed by atoms with Crippen molar-refractivity contribution in [2.75, 3.05) is 25.1 Å². The summed E-state index contributed by atoms with van der Waals surface area (Å²) in [6, 6.07) is 17.8. The number of carbonyl (C=O) groups excluding carboxylic acids is 2. The molecule has 9 heteroatoms. The van der Waals surface area contributed by atoms with E-state index in [4.69, 9.17) is 18.9 Å². The first-order valence-electron chi connectivity index (χ1n) is 12.6. The molecule has 3 aromatic rings. The van der Waals surface area contributed by atoms with Crippen LogP contribution >= 0.6 is 0 Å². The summed E-state index contributed by atoms with van der Waals surface area (Å²) in [4.78, 5) is 32.0. The lowest BCUT2D eigenvalue weighted by Crippen LogP contribution is -2.48. The number of carbonyl (C=O) groups is 2. The van der Waals surface area contributed by atoms with Crippen LogP contribution in [0.3, 0.4) is 0 Å². The van der Waals surface area contributed by atoms with Crippen molar-refractivity contribution >= 4 is 17.7 Å². The molecule has 0 spiro atoms. The molecule has 1 aromatic heterocycles. The van der Waals surface area contributed by atoms with Gasteiger partial charge in [0.2, 0.25) is 5.88 Å². The first kappa shape index (κ1) is 26.9. The quantitative estimate of drug-likeness (QED) is 0.383. The summed E-state index contributed by atoms with van der Waals surface area (Å²) in [7, 11) is 1.28. The number of aromatic nitrogens is 1. The Morgan fingerprint density at radius 3 is 2.13 bits per heavy atom. The molecule has 0 unspecified atom stereocenters. The molecule has 0 saturated carbocycles. The van der Waals surface area contributed by atoms with Crippen LogP contribution in [0.15, 0.2) is 66.9 Å². The summed E-state index contributed by atoms with van der Waals surface area (Å²) >= 11 is 0. The maximum absolute atomic E-state index is 13.2. The molecule has 1 N–H and O–H groups in total. The van der Waals surface area contributed by atoms with Gasteiger partial charge in [0.05, 0.1) is 19.0 Å². The van der Waals surface area contributed by atoms with Crippen molar-refractivity contribution < 1.29 is 28.5 Å². The van der Waals surface area contributed by atoms with Gasteiger partial charge in [-0.25, -0.2) is 14.6 Å². The smallest absolute Gasteiger partial charge is 0.415 e. The van der Waals surface area contributed by atoms with Crippen molar-refractivity contribution in [2.45, 2.75) is 45.3 Å². The lowest BCUT2D eigenvalue weighted by Gasteiger charge is -2.35. The fraction of sp³-hybridized carbons (Fsp3) is 0.345. The number of amides is 1. The summed E-state index contributed by atoms with van der Waals surface area (Å²) < 4.78 is 22.5. The number of anilines is 1. The zero-order valence-corrected chi connectivity index (χ0v) is 22.1. The van der Waals surface area contributed by atoms with E-state index >= 15 is 0 Å². The van der Waals surface area contributed by atoms with E-state index in [1.807, 2.05) is 51.1 Å². The van der Waals surface area contributed by atoms with Crippen LogP contribution in [0.2, 0.25) is 0 Å². The molecule has 1 amide bonds. The highest BCUT2D eigenvalue weighted by Crippen LogP contribution is 2.32. The van der Waals surface area contributed by atoms with Crippen LogP contribution in [0.25, 0.3) is 0 Å². The Labute approximate surface area is 222 Å². The Morgan fingerprint density at radius 2 is 1.53 bits per heavy atom. The van der Waals surface area contributed by atoms with Crippen LogP contribution in [0.4, 0.5) is 10.5 Å². The van der Waals surface area contributed by atoms with Gasteiger partial charge in [0, 0.05) is 6.04 Å². The molecule has 1 aliphatic rings. The first-order chi connectivity index (χ1) is 18.2. The second-order valence-electron chi connectivity index (χ2n) is 9.86. The van der Waals surface area contributed by atoms with Crippen molar-refractivity contribution in [2.24, 2.45) is 0 Å². The Morgan fingerprint density at radius 1 is 0.921 bits per heavy atom. The van der Waals surface area contributed by atoms with Crippen LogP contribution in [-0.4, -0.2) is 48.9 Å². The van der Waals surface area contributed by atoms with Gasteiger partial charge in [-0.3, -0.25) is 4.90 Å². The number of pyridine rings is 1. The standard InChI is InChI=1S/C29H33N3O6/c1-29(2,3)38-28(34)32(20-14-16-30-17-15-20)21-18-25(27(33)35-4)26(31-19-21)37-24-12-10-23(11-13-24)36-22-8-6-5-7-9-22/h5-13,18-20,30H,14-17H2,1-4H3. The van der Waals surface area contributed by atoms with Gasteiger partial charge in [-0.1, -0.05) is 18.2 Å². The van der Waals surface area contributed by atoms with Crippen LogP contribution in [0, 0.1) is 0 Å². The van der Waals surface area contributed by atoms with Gasteiger partial charge in [-0.05, 0) is 89.2 Å². The predicted octanol–water partition coefficient (Wildman–Crippen LogP) is 5.95. The topological polar surface area (TPSA) is 99.2 Å². The summed E-state index contributed by atoms with van der Waals surface area (Å²) in [5.41, 5.74) is -0.150. The largest absolute Gasteiger partial charge is 0.465 e. The van der Waals surface area contributed by atoms with Crippen molar-refractivity contribution in [1.29, 1.82) is 0 Å². The van der Waals surface area contributed by atoms with E-state index in [0.29, 0.717) is 17.2 Å². The average Bonchev–Trinajstić information content (AvgIpc) is 2.90. The van der Waals surface area contributed by atoms with Crippen molar-refractivity contribution in [3.63, 3.8) is 0 Å². The Balaban J connectivity index is 1.60. The molecule has 1 fully saturated rings. The van der Waals surface area contributed by atoms with Crippen LogP contribution < -0.4 is 19.7 Å². The number of methoxy groups -OCH3 is 1. The van der Waals surface area contributed by atoms with E-state index in [-0.39, 0.29) is 17.5 Å². The molecule has 0 bridgehead atoms. The Kier molecular flexibility index (Phi) is 8.48. The van der Waals surface area contributed by atoms with Gasteiger partial charge in [0.25, 0.3) is 0 Å². The molecule has 0 aliphatic carbocycles. The van der Waals surface area contributed by atoms with Crippen LogP contribution in [0.5, 0.6) is 23.1 Å². The zero-order valence-electron chi connectivity index (χ0n) is 22.1. The summed E-state index contributed by atoms with van der Waals surface area (Å²) in [6.45, 7) is 6.99. The number of nitrogens with one attached hydrogen (secondary N) is 1. The van der Waals surface area contributed by atoms with Crippen LogP contribution in [-0.2, 0) is 9.47 Å². The SMILES string of the molecule is COC(=O)c1cc(N(C(=O)OC(C)(C)C)C2CCNCC2)cnc1Oc1ccc(Oc2ccccc2)cc1. The number of esters is 1. The molecule has 0 radical (unpaired) electrons. The van der Waals surface area contributed by atoms with E-state index in [1.54, 1.807) is 35.2 Å². The number of piperidine rings is 1. The molecule has 1 saturated heterocycles. The summed E-state index contributed by atoms with van der Waals surface area (Å²) in [5.74, 6) is 1.24. The van der Waals surface area contributed by atoms with Gasteiger partial charge in [0.15, 0.2) is 0 Å². The fourth-order valence-corrected chi connectivity index (χ4v) is 4.06. The zero-order chi connectivity index (χ0) is 27.1. The average molecular weight is 520 g/mol. The maximum atomic E-state index is 13.2. The van der Waals surface area contributed by atoms with Crippen molar-refractivity contribution in [3.8, 4) is 23.1 Å². The third kappa shape index (κ3) is 7.01. The molecule has 200 valence electrons. The predicted molar refractivity (Wildman–Crippen MR) is 143 cm³/mol. The number of para-hydroxylation sites is 1. The molecule has 0 atom stereocenters. The molecular formula is C29H33N3O6. The monoisotopic (exact) mass is 519 g/mol. The minimum absolute atomic E-state index is 0.0618. The molecule has 1 aliphatic heterocycles. The first-order valence-corrected chi connectivity index (χ1v) is 12.6. The third-order valence-electron chi connectivity index (χ3n) is 5.80. The van der Waals surface area contributed by atoms with Gasteiger partial charge in [-0.2, -0.15) is 0 Å². The number of hydrogen-bond acceptors (Lipinski definition) is 8. The maximum Gasteiger partial charge on any atom is 0.415 e. The molecule has 2 heterocycles. The minimum atomic E-state index is -0.680. The van der Waals surface area contributed by atoms with E-state index < -0.39 is 17.7 Å². The van der Waals surface area contributed by atoms with E-state index in [1.165, 1.54) is 13.3 Å².